The molecule has 0 amide bonds. The smallest absolute Gasteiger partial charge is 0.348 e. The second-order valence-corrected chi connectivity index (χ2v) is 5.11. The van der Waals surface area contributed by atoms with Crippen molar-refractivity contribution in [3.63, 3.8) is 0 Å². The van der Waals surface area contributed by atoms with Crippen LogP contribution >= 0.6 is 15.9 Å². The molecular weight excluding hydrogens is 300 g/mol. The second kappa shape index (κ2) is 4.57. The SMILES string of the molecule is CC1(C)OC(=O)C(=Cc2ccccc2Br)C(=O)O1. The molecule has 0 unspecified atom stereocenters. The van der Waals surface area contributed by atoms with E-state index in [4.69, 9.17) is 9.47 Å². The average molecular weight is 311 g/mol. The van der Waals surface area contributed by atoms with Crippen LogP contribution in [-0.2, 0) is 19.1 Å². The van der Waals surface area contributed by atoms with Gasteiger partial charge in [0, 0.05) is 18.3 Å². The Bertz CT molecular complexity index is 524. The number of carbonyl (C=O) groups excluding carboxylic acids is 2. The molecule has 0 aromatic heterocycles. The minimum Gasteiger partial charge on any atom is -0.419 e. The Morgan fingerprint density at radius 1 is 1.11 bits per heavy atom. The first-order valence-corrected chi connectivity index (χ1v) is 6.11. The van der Waals surface area contributed by atoms with Crippen LogP contribution < -0.4 is 0 Å². The zero-order chi connectivity index (χ0) is 13.3. The third-order valence-electron chi connectivity index (χ3n) is 2.32. The zero-order valence-electron chi connectivity index (χ0n) is 9.90. The summed E-state index contributed by atoms with van der Waals surface area (Å²) >= 11 is 3.34. The molecule has 0 saturated carbocycles. The van der Waals surface area contributed by atoms with Crippen molar-refractivity contribution >= 4 is 33.9 Å². The second-order valence-electron chi connectivity index (χ2n) is 4.26. The number of carbonyl (C=O) groups is 2. The normalized spacial score (nSPS) is 18.1. The van der Waals surface area contributed by atoms with Crippen LogP contribution in [0.15, 0.2) is 34.3 Å². The fourth-order valence-corrected chi connectivity index (χ4v) is 1.93. The molecule has 0 radical (unpaired) electrons. The summed E-state index contributed by atoms with van der Waals surface area (Å²) in [6.07, 6.45) is 1.45. The summed E-state index contributed by atoms with van der Waals surface area (Å²) in [6.45, 7) is 3.02. The van der Waals surface area contributed by atoms with E-state index in [1.165, 1.54) is 19.9 Å². The highest BCUT2D eigenvalue weighted by molar-refractivity contribution is 9.10. The molecule has 1 aromatic carbocycles. The zero-order valence-corrected chi connectivity index (χ0v) is 11.5. The van der Waals surface area contributed by atoms with Crippen LogP contribution in [0.1, 0.15) is 19.4 Å². The summed E-state index contributed by atoms with van der Waals surface area (Å²) in [5.74, 6) is -2.56. The van der Waals surface area contributed by atoms with Gasteiger partial charge in [-0.15, -0.1) is 0 Å². The number of hydrogen-bond donors (Lipinski definition) is 0. The summed E-state index contributed by atoms with van der Waals surface area (Å²) in [6, 6.07) is 7.24. The summed E-state index contributed by atoms with van der Waals surface area (Å²) in [5.41, 5.74) is 0.599. The van der Waals surface area contributed by atoms with Gasteiger partial charge in [0.05, 0.1) is 0 Å². The Hall–Kier alpha value is -1.62. The Kier molecular flexibility index (Phi) is 3.26. The molecular formula is C13H11BrO4. The van der Waals surface area contributed by atoms with Crippen molar-refractivity contribution in [3.05, 3.63) is 39.9 Å². The number of hydrogen-bond acceptors (Lipinski definition) is 4. The lowest BCUT2D eigenvalue weighted by atomic mass is 10.1. The highest BCUT2D eigenvalue weighted by atomic mass is 79.9. The molecule has 1 fully saturated rings. The average Bonchev–Trinajstić information content (AvgIpc) is 2.24. The van der Waals surface area contributed by atoms with Gasteiger partial charge in [0.15, 0.2) is 0 Å². The molecule has 1 aromatic rings. The molecule has 94 valence electrons. The maximum atomic E-state index is 11.7. The third-order valence-corrected chi connectivity index (χ3v) is 3.04. The number of halogens is 1. The van der Waals surface area contributed by atoms with E-state index < -0.39 is 17.7 Å². The first kappa shape index (κ1) is 12.8. The van der Waals surface area contributed by atoms with Crippen LogP contribution in [0.4, 0.5) is 0 Å². The molecule has 18 heavy (non-hydrogen) atoms. The lowest BCUT2D eigenvalue weighted by Gasteiger charge is -2.29. The molecule has 1 aliphatic heterocycles. The van der Waals surface area contributed by atoms with Crippen molar-refractivity contribution in [2.75, 3.05) is 0 Å². The molecule has 1 saturated heterocycles. The molecule has 0 atom stereocenters. The van der Waals surface area contributed by atoms with Crippen LogP contribution in [0, 0.1) is 0 Å². The van der Waals surface area contributed by atoms with E-state index in [1.807, 2.05) is 12.1 Å². The van der Waals surface area contributed by atoms with Gasteiger partial charge in [-0.25, -0.2) is 9.59 Å². The Balaban J connectivity index is 2.37. The van der Waals surface area contributed by atoms with Gasteiger partial charge >= 0.3 is 11.9 Å². The first-order chi connectivity index (χ1) is 8.39. The molecule has 0 N–H and O–H groups in total. The quantitative estimate of drug-likeness (QED) is 0.454. The highest BCUT2D eigenvalue weighted by Crippen LogP contribution is 2.26. The van der Waals surface area contributed by atoms with Gasteiger partial charge in [0.1, 0.15) is 5.57 Å². The number of ether oxygens (including phenoxy) is 2. The van der Waals surface area contributed by atoms with Crippen molar-refractivity contribution in [3.8, 4) is 0 Å². The molecule has 1 aliphatic rings. The Morgan fingerprint density at radius 3 is 2.22 bits per heavy atom. The molecule has 0 spiro atoms. The van der Waals surface area contributed by atoms with Crippen molar-refractivity contribution in [2.45, 2.75) is 19.6 Å². The maximum absolute atomic E-state index is 11.7. The van der Waals surface area contributed by atoms with Gasteiger partial charge < -0.3 is 9.47 Å². The van der Waals surface area contributed by atoms with E-state index in [0.29, 0.717) is 5.56 Å². The standard InChI is InChI=1S/C13H11BrO4/c1-13(2)17-11(15)9(12(16)18-13)7-8-5-3-4-6-10(8)14/h3-7H,1-2H3. The fourth-order valence-electron chi connectivity index (χ4n) is 1.53. The van der Waals surface area contributed by atoms with Crippen molar-refractivity contribution < 1.29 is 19.1 Å². The lowest BCUT2D eigenvalue weighted by Crippen LogP contribution is -2.41. The summed E-state index contributed by atoms with van der Waals surface area (Å²) in [4.78, 5) is 23.5. The number of cyclic esters (lactones) is 2. The molecule has 2 rings (SSSR count). The van der Waals surface area contributed by atoms with E-state index in [2.05, 4.69) is 15.9 Å². The number of rotatable bonds is 1. The molecule has 5 heteroatoms. The Morgan fingerprint density at radius 2 is 1.67 bits per heavy atom. The third kappa shape index (κ3) is 2.61. The summed E-state index contributed by atoms with van der Waals surface area (Å²) in [5, 5.41) is 0. The van der Waals surface area contributed by atoms with Gasteiger partial charge in [0.2, 0.25) is 0 Å². The van der Waals surface area contributed by atoms with Crippen LogP contribution in [0.2, 0.25) is 0 Å². The lowest BCUT2D eigenvalue weighted by molar-refractivity contribution is -0.222. The van der Waals surface area contributed by atoms with Gasteiger partial charge in [-0.1, -0.05) is 34.1 Å². The molecule has 0 bridgehead atoms. The van der Waals surface area contributed by atoms with E-state index in [0.717, 1.165) is 4.47 Å². The van der Waals surface area contributed by atoms with Crippen LogP contribution in [-0.4, -0.2) is 17.7 Å². The summed E-state index contributed by atoms with van der Waals surface area (Å²) < 4.78 is 10.8. The van der Waals surface area contributed by atoms with Crippen LogP contribution in [0.5, 0.6) is 0 Å². The topological polar surface area (TPSA) is 52.6 Å². The molecule has 1 heterocycles. The predicted molar refractivity (Wildman–Crippen MR) is 68.4 cm³/mol. The maximum Gasteiger partial charge on any atom is 0.348 e. The van der Waals surface area contributed by atoms with Crippen molar-refractivity contribution in [1.29, 1.82) is 0 Å². The first-order valence-electron chi connectivity index (χ1n) is 5.32. The van der Waals surface area contributed by atoms with E-state index in [-0.39, 0.29) is 5.57 Å². The summed E-state index contributed by atoms with van der Waals surface area (Å²) in [7, 11) is 0. The predicted octanol–water partition coefficient (Wildman–Crippen LogP) is 2.67. The minimum atomic E-state index is -1.21. The van der Waals surface area contributed by atoms with E-state index in [9.17, 15) is 9.59 Å². The van der Waals surface area contributed by atoms with Gasteiger partial charge in [-0.2, -0.15) is 0 Å². The van der Waals surface area contributed by atoms with Gasteiger partial charge in [0.25, 0.3) is 5.79 Å². The van der Waals surface area contributed by atoms with Gasteiger partial charge in [-0.05, 0) is 17.7 Å². The van der Waals surface area contributed by atoms with Crippen molar-refractivity contribution in [2.24, 2.45) is 0 Å². The number of benzene rings is 1. The Labute approximate surface area is 113 Å². The monoisotopic (exact) mass is 310 g/mol. The van der Waals surface area contributed by atoms with Gasteiger partial charge in [-0.3, -0.25) is 0 Å². The van der Waals surface area contributed by atoms with Crippen LogP contribution in [0.3, 0.4) is 0 Å². The number of esters is 2. The van der Waals surface area contributed by atoms with E-state index in [1.54, 1.807) is 12.1 Å². The van der Waals surface area contributed by atoms with Crippen LogP contribution in [0.25, 0.3) is 6.08 Å². The molecule has 4 nitrogen and oxygen atoms in total. The largest absolute Gasteiger partial charge is 0.419 e. The highest BCUT2D eigenvalue weighted by Gasteiger charge is 2.38. The van der Waals surface area contributed by atoms with E-state index >= 15 is 0 Å². The molecule has 0 aliphatic carbocycles. The minimum absolute atomic E-state index is 0.110. The van der Waals surface area contributed by atoms with Crippen molar-refractivity contribution in [1.82, 2.24) is 0 Å². The fraction of sp³-hybridized carbons (Fsp3) is 0.231.